The summed E-state index contributed by atoms with van der Waals surface area (Å²) in [5, 5.41) is 7.29. The molecule has 0 saturated carbocycles. The van der Waals surface area contributed by atoms with Crippen molar-refractivity contribution in [3.63, 3.8) is 0 Å². The molecule has 50 heavy (non-hydrogen) atoms. The Bertz CT molecular complexity index is 2390. The first kappa shape index (κ1) is 33.8. The summed E-state index contributed by atoms with van der Waals surface area (Å²) in [6.07, 6.45) is 5.50. The third-order valence-electron chi connectivity index (χ3n) is 10.1. The Labute approximate surface area is 308 Å². The van der Waals surface area contributed by atoms with Gasteiger partial charge >= 0.3 is 21.1 Å². The van der Waals surface area contributed by atoms with Gasteiger partial charge in [0.15, 0.2) is 0 Å². The van der Waals surface area contributed by atoms with E-state index >= 15 is 0 Å². The van der Waals surface area contributed by atoms with Crippen molar-refractivity contribution in [3.05, 3.63) is 143 Å². The molecule has 0 saturated heterocycles. The average molecular weight is 836 g/mol. The number of ether oxygens (including phenoxy) is 1. The van der Waals surface area contributed by atoms with Crippen LogP contribution < -0.4 is 4.74 Å². The van der Waals surface area contributed by atoms with Crippen LogP contribution in [0.5, 0.6) is 11.5 Å². The molecule has 1 aliphatic rings. The zero-order valence-electron chi connectivity index (χ0n) is 29.3. The Hall–Kier alpha value is -4.73. The second-order valence-corrected chi connectivity index (χ2v) is 13.8. The van der Waals surface area contributed by atoms with Gasteiger partial charge in [0.2, 0.25) is 0 Å². The van der Waals surface area contributed by atoms with Crippen molar-refractivity contribution in [1.82, 2.24) is 19.3 Å². The number of hydrogen-bond donors (Lipinski definition) is 0. The molecule has 0 N–H and O–H groups in total. The Morgan fingerprint density at radius 1 is 0.780 bits per heavy atom. The maximum atomic E-state index is 6.55. The number of hydrogen-bond acceptors (Lipinski definition) is 3. The zero-order chi connectivity index (χ0) is 33.8. The second kappa shape index (κ2) is 13.5. The molecule has 3 atom stereocenters. The maximum Gasteiger partial charge on any atom is 2.00 e. The summed E-state index contributed by atoms with van der Waals surface area (Å²) < 4.78 is 10.8. The molecule has 7 aromatic rings. The van der Waals surface area contributed by atoms with Gasteiger partial charge in [0.05, 0.1) is 5.69 Å². The average Bonchev–Trinajstić information content (AvgIpc) is 3.57. The molecule has 3 heterocycles. The predicted molar refractivity (Wildman–Crippen MR) is 199 cm³/mol. The summed E-state index contributed by atoms with van der Waals surface area (Å²) in [4.78, 5) is 4.82. The minimum atomic E-state index is 0. The van der Waals surface area contributed by atoms with Gasteiger partial charge in [-0.1, -0.05) is 86.5 Å². The third kappa shape index (κ3) is 6.03. The number of fused-ring (bicyclic) bond motifs is 3. The molecule has 0 fully saturated rings. The number of rotatable bonds is 6. The topological polar surface area (TPSA) is 44.9 Å². The largest absolute Gasteiger partial charge is 2.00 e. The Morgan fingerprint density at radius 3 is 2.36 bits per heavy atom. The Balaban J connectivity index is 0.00000392. The van der Waals surface area contributed by atoms with Gasteiger partial charge in [0, 0.05) is 40.4 Å². The van der Waals surface area contributed by atoms with Gasteiger partial charge in [-0.15, -0.1) is 35.7 Å². The molecule has 0 bridgehead atoms. The van der Waals surface area contributed by atoms with Crippen molar-refractivity contribution in [2.75, 3.05) is 0 Å². The molecule has 0 amide bonds. The molecule has 1 unspecified atom stereocenters. The van der Waals surface area contributed by atoms with E-state index < -0.39 is 0 Å². The quantitative estimate of drug-likeness (QED) is 0.124. The first-order chi connectivity index (χ1) is 23.7. The summed E-state index contributed by atoms with van der Waals surface area (Å²) in [6, 6.07) is 38.4. The molecule has 0 aliphatic heterocycles. The van der Waals surface area contributed by atoms with Crippen molar-refractivity contribution in [2.45, 2.75) is 53.9 Å². The molecule has 8 rings (SSSR count). The van der Waals surface area contributed by atoms with Gasteiger partial charge in [-0.3, -0.25) is 4.68 Å². The first-order valence-corrected chi connectivity index (χ1v) is 17.2. The van der Waals surface area contributed by atoms with Crippen LogP contribution in [0.25, 0.3) is 44.4 Å². The SMILES string of the molecule is CC1=C[C@H](C)C[C@H](C)C1c1c(C)nn(-c2[c-]c(Oc3[c-]c4c(cc3)c3ccccc3n4-c3cc(-c4ccccc4)ccn3)cc(C)c2)c1C.[Pt+2]. The number of allylic oxidation sites excluding steroid dienone is 2. The number of aryl methyl sites for hydroxylation is 2. The van der Waals surface area contributed by atoms with Crippen LogP contribution in [-0.4, -0.2) is 19.3 Å². The standard InChI is InChI=1S/C44H40N4O.Pt/c1-27-20-29(3)43(30(4)21-27)44-31(5)46-48(32(44)6)35-22-28(2)23-37(25-35)49-36-16-17-39-38-14-10-11-15-40(38)47(41(39)26-36)42-24-34(18-19-45-42)33-12-8-7-9-13-33;/h7-20,22-24,27,30,43H,21H2,1-6H3;/q-2;+2/t27-,30-,43?;/m0./s1. The van der Waals surface area contributed by atoms with Crippen LogP contribution in [0.1, 0.15) is 55.6 Å². The van der Waals surface area contributed by atoms with E-state index in [4.69, 9.17) is 14.8 Å². The zero-order valence-corrected chi connectivity index (χ0v) is 31.5. The fraction of sp³-hybridized carbons (Fsp3) is 0.227. The number of para-hydroxylation sites is 1. The van der Waals surface area contributed by atoms with Crippen LogP contribution in [0.15, 0.2) is 109 Å². The molecule has 0 spiro atoms. The molecule has 6 heteroatoms. The van der Waals surface area contributed by atoms with Crippen LogP contribution in [0, 0.1) is 44.7 Å². The van der Waals surface area contributed by atoms with E-state index in [1.807, 2.05) is 29.1 Å². The normalized spacial score (nSPS) is 17.5. The number of benzene rings is 4. The van der Waals surface area contributed by atoms with E-state index in [0.717, 1.165) is 61.4 Å². The summed E-state index contributed by atoms with van der Waals surface area (Å²) >= 11 is 0. The van der Waals surface area contributed by atoms with Crippen LogP contribution in [0.4, 0.5) is 0 Å². The maximum absolute atomic E-state index is 6.55. The predicted octanol–water partition coefficient (Wildman–Crippen LogP) is 11.1. The molecule has 252 valence electrons. The molecular formula is C44H40N4OPt. The van der Waals surface area contributed by atoms with E-state index in [9.17, 15) is 0 Å². The Kier molecular flexibility index (Phi) is 9.13. The van der Waals surface area contributed by atoms with Crippen molar-refractivity contribution >= 4 is 21.8 Å². The molecule has 5 nitrogen and oxygen atoms in total. The summed E-state index contributed by atoms with van der Waals surface area (Å²) in [7, 11) is 0. The van der Waals surface area contributed by atoms with Gasteiger partial charge in [-0.05, 0) is 79.4 Å². The molecule has 1 aliphatic carbocycles. The number of pyridine rings is 1. The van der Waals surface area contributed by atoms with Crippen molar-refractivity contribution in [3.8, 4) is 34.1 Å². The van der Waals surface area contributed by atoms with E-state index in [1.165, 1.54) is 17.6 Å². The fourth-order valence-corrected chi connectivity index (χ4v) is 8.12. The summed E-state index contributed by atoms with van der Waals surface area (Å²) in [5.74, 6) is 3.62. The Morgan fingerprint density at radius 2 is 1.56 bits per heavy atom. The van der Waals surface area contributed by atoms with Crippen LogP contribution >= 0.6 is 0 Å². The van der Waals surface area contributed by atoms with E-state index in [2.05, 4.69) is 137 Å². The van der Waals surface area contributed by atoms with Crippen molar-refractivity contribution < 1.29 is 25.8 Å². The van der Waals surface area contributed by atoms with Gasteiger partial charge in [-0.2, -0.15) is 16.7 Å². The monoisotopic (exact) mass is 835 g/mol. The smallest absolute Gasteiger partial charge is 0.509 e. The minimum absolute atomic E-state index is 0. The summed E-state index contributed by atoms with van der Waals surface area (Å²) in [6.45, 7) is 13.4. The molecule has 4 aromatic carbocycles. The third-order valence-corrected chi connectivity index (χ3v) is 10.1. The molecular weight excluding hydrogens is 796 g/mol. The second-order valence-electron chi connectivity index (χ2n) is 13.8. The van der Waals surface area contributed by atoms with Gasteiger partial charge in [0.1, 0.15) is 5.82 Å². The van der Waals surface area contributed by atoms with Gasteiger partial charge < -0.3 is 9.30 Å². The van der Waals surface area contributed by atoms with Gasteiger partial charge in [0.25, 0.3) is 0 Å². The van der Waals surface area contributed by atoms with E-state index in [-0.39, 0.29) is 21.1 Å². The van der Waals surface area contributed by atoms with E-state index in [0.29, 0.717) is 29.3 Å². The van der Waals surface area contributed by atoms with Crippen LogP contribution in [-0.2, 0) is 21.1 Å². The van der Waals surface area contributed by atoms with Crippen LogP contribution in [0.2, 0.25) is 0 Å². The van der Waals surface area contributed by atoms with Crippen molar-refractivity contribution in [2.24, 2.45) is 11.8 Å². The number of aromatic nitrogens is 4. The van der Waals surface area contributed by atoms with Crippen molar-refractivity contribution in [1.29, 1.82) is 0 Å². The first-order valence-electron chi connectivity index (χ1n) is 17.2. The molecule has 0 radical (unpaired) electrons. The fourth-order valence-electron chi connectivity index (χ4n) is 8.12. The minimum Gasteiger partial charge on any atom is -0.509 e. The van der Waals surface area contributed by atoms with Crippen LogP contribution in [0.3, 0.4) is 0 Å². The molecule has 3 aromatic heterocycles. The van der Waals surface area contributed by atoms with E-state index in [1.54, 1.807) is 0 Å². The number of nitrogens with zero attached hydrogens (tertiary/aromatic N) is 4. The van der Waals surface area contributed by atoms with Gasteiger partial charge in [-0.25, -0.2) is 4.98 Å². The summed E-state index contributed by atoms with van der Waals surface area (Å²) in [5.41, 5.74) is 11.2.